The Kier molecular flexibility index (Phi) is 4.18. The van der Waals surface area contributed by atoms with Crippen LogP contribution in [0, 0.1) is 5.82 Å². The third-order valence-corrected chi connectivity index (χ3v) is 4.80. The van der Waals surface area contributed by atoms with Gasteiger partial charge in [-0.05, 0) is 38.9 Å². The van der Waals surface area contributed by atoms with Gasteiger partial charge in [-0.25, -0.2) is 9.37 Å². The smallest absolute Gasteiger partial charge is 0.151 e. The normalized spacial score (nSPS) is 23.8. The van der Waals surface area contributed by atoms with Gasteiger partial charge in [-0.3, -0.25) is 0 Å². The van der Waals surface area contributed by atoms with Crippen LogP contribution in [0.4, 0.5) is 4.39 Å². The minimum absolute atomic E-state index is 0.247. The number of alkyl halides is 1. The first kappa shape index (κ1) is 14.8. The van der Waals surface area contributed by atoms with E-state index in [2.05, 4.69) is 28.4 Å². The minimum atomic E-state index is -0.247. The Balaban J connectivity index is 2.07. The van der Waals surface area contributed by atoms with E-state index in [1.807, 2.05) is 6.07 Å². The molecule has 2 atom stereocenters. The standard InChI is InChI=1S/C16H21ClFN3/c1-11-10-12(7-9-20(11)2)21-14-5-3-4-13(18)16(14)19-15(21)6-8-17/h3-5,11-12H,6-10H2,1-2H3. The quantitative estimate of drug-likeness (QED) is 0.808. The molecule has 5 heteroatoms. The number of piperidine rings is 1. The molecule has 0 spiro atoms. The van der Waals surface area contributed by atoms with E-state index in [4.69, 9.17) is 11.6 Å². The zero-order valence-electron chi connectivity index (χ0n) is 12.5. The molecule has 1 aromatic carbocycles. The van der Waals surface area contributed by atoms with Crippen LogP contribution in [0.2, 0.25) is 0 Å². The number of aryl methyl sites for hydroxylation is 1. The fourth-order valence-corrected chi connectivity index (χ4v) is 3.47. The zero-order chi connectivity index (χ0) is 15.0. The van der Waals surface area contributed by atoms with Crippen molar-refractivity contribution in [1.29, 1.82) is 0 Å². The Bertz CT molecular complexity index is 640. The number of likely N-dealkylation sites (tertiary alicyclic amines) is 1. The molecule has 0 radical (unpaired) electrons. The molecule has 0 amide bonds. The van der Waals surface area contributed by atoms with E-state index in [-0.39, 0.29) is 5.82 Å². The number of halogens is 2. The number of para-hydroxylation sites is 1. The molecule has 3 rings (SSSR count). The van der Waals surface area contributed by atoms with Crippen LogP contribution >= 0.6 is 11.6 Å². The van der Waals surface area contributed by atoms with Crippen LogP contribution in [0.3, 0.4) is 0 Å². The van der Waals surface area contributed by atoms with Crippen LogP contribution in [-0.2, 0) is 6.42 Å². The molecule has 2 aromatic rings. The number of aromatic nitrogens is 2. The summed E-state index contributed by atoms with van der Waals surface area (Å²) < 4.78 is 16.2. The molecule has 21 heavy (non-hydrogen) atoms. The number of benzene rings is 1. The lowest BCUT2D eigenvalue weighted by Gasteiger charge is -2.36. The lowest BCUT2D eigenvalue weighted by molar-refractivity contribution is 0.157. The van der Waals surface area contributed by atoms with Gasteiger partial charge in [0.25, 0.3) is 0 Å². The van der Waals surface area contributed by atoms with Crippen LogP contribution in [0.15, 0.2) is 18.2 Å². The Morgan fingerprint density at radius 1 is 1.43 bits per heavy atom. The third-order valence-electron chi connectivity index (χ3n) is 4.61. The van der Waals surface area contributed by atoms with Gasteiger partial charge in [0.1, 0.15) is 11.3 Å². The highest BCUT2D eigenvalue weighted by atomic mass is 35.5. The number of nitrogens with zero attached hydrogens (tertiary/aromatic N) is 3. The molecule has 2 heterocycles. The monoisotopic (exact) mass is 309 g/mol. The largest absolute Gasteiger partial charge is 0.325 e. The Labute approximate surface area is 129 Å². The van der Waals surface area contributed by atoms with E-state index < -0.39 is 0 Å². The van der Waals surface area contributed by atoms with Crippen LogP contribution < -0.4 is 0 Å². The van der Waals surface area contributed by atoms with E-state index in [9.17, 15) is 4.39 Å². The van der Waals surface area contributed by atoms with Crippen molar-refractivity contribution in [3.05, 3.63) is 29.8 Å². The number of hydrogen-bond acceptors (Lipinski definition) is 2. The van der Waals surface area contributed by atoms with Gasteiger partial charge in [-0.2, -0.15) is 0 Å². The molecule has 1 saturated heterocycles. The fourth-order valence-electron chi connectivity index (χ4n) is 3.30. The van der Waals surface area contributed by atoms with Crippen LogP contribution in [0.5, 0.6) is 0 Å². The minimum Gasteiger partial charge on any atom is -0.325 e. The van der Waals surface area contributed by atoms with Crippen molar-refractivity contribution in [1.82, 2.24) is 14.5 Å². The Morgan fingerprint density at radius 3 is 2.95 bits per heavy atom. The zero-order valence-corrected chi connectivity index (χ0v) is 13.3. The van der Waals surface area contributed by atoms with Crippen molar-refractivity contribution >= 4 is 22.6 Å². The first-order valence-electron chi connectivity index (χ1n) is 7.53. The van der Waals surface area contributed by atoms with Crippen LogP contribution in [0.1, 0.15) is 31.6 Å². The second-order valence-electron chi connectivity index (χ2n) is 5.95. The van der Waals surface area contributed by atoms with Gasteiger partial charge < -0.3 is 9.47 Å². The Morgan fingerprint density at radius 2 is 2.24 bits per heavy atom. The van der Waals surface area contributed by atoms with E-state index in [1.54, 1.807) is 6.07 Å². The highest BCUT2D eigenvalue weighted by Gasteiger charge is 2.27. The van der Waals surface area contributed by atoms with Crippen molar-refractivity contribution < 1.29 is 4.39 Å². The molecule has 1 fully saturated rings. The summed E-state index contributed by atoms with van der Waals surface area (Å²) in [7, 11) is 2.16. The second-order valence-corrected chi connectivity index (χ2v) is 6.33. The summed E-state index contributed by atoms with van der Waals surface area (Å²) in [5.41, 5.74) is 1.38. The van der Waals surface area contributed by atoms with Crippen LogP contribution in [0.25, 0.3) is 11.0 Å². The lowest BCUT2D eigenvalue weighted by Crippen LogP contribution is -2.38. The predicted molar refractivity (Wildman–Crippen MR) is 84.5 cm³/mol. The van der Waals surface area contributed by atoms with E-state index in [0.29, 0.717) is 29.9 Å². The molecule has 114 valence electrons. The molecule has 1 aromatic heterocycles. The summed E-state index contributed by atoms with van der Waals surface area (Å²) in [5, 5.41) is 0. The summed E-state index contributed by atoms with van der Waals surface area (Å²) in [6.45, 7) is 3.30. The van der Waals surface area contributed by atoms with Gasteiger partial charge >= 0.3 is 0 Å². The molecular formula is C16H21ClFN3. The second kappa shape index (κ2) is 5.93. The van der Waals surface area contributed by atoms with Gasteiger partial charge in [0.15, 0.2) is 5.82 Å². The molecule has 0 aliphatic carbocycles. The SMILES string of the molecule is CC1CC(n2c(CCCl)nc3c(F)cccc32)CCN1C. The summed E-state index contributed by atoms with van der Waals surface area (Å²) in [4.78, 5) is 6.88. The molecular weight excluding hydrogens is 289 g/mol. The van der Waals surface area contributed by atoms with Crippen molar-refractivity contribution in [3.8, 4) is 0 Å². The van der Waals surface area contributed by atoms with Crippen LogP contribution in [-0.4, -0.2) is 40.0 Å². The van der Waals surface area contributed by atoms with Crippen molar-refractivity contribution in [2.75, 3.05) is 19.5 Å². The van der Waals surface area contributed by atoms with Gasteiger partial charge in [0.05, 0.1) is 5.52 Å². The topological polar surface area (TPSA) is 21.1 Å². The summed E-state index contributed by atoms with van der Waals surface area (Å²) in [6.07, 6.45) is 2.81. The first-order valence-corrected chi connectivity index (χ1v) is 8.06. The highest BCUT2D eigenvalue weighted by molar-refractivity contribution is 6.17. The average Bonchev–Trinajstić information content (AvgIpc) is 2.82. The highest BCUT2D eigenvalue weighted by Crippen LogP contribution is 2.32. The third kappa shape index (κ3) is 2.67. The van der Waals surface area contributed by atoms with Gasteiger partial charge in [0, 0.05) is 30.9 Å². The van der Waals surface area contributed by atoms with Gasteiger partial charge in [0.2, 0.25) is 0 Å². The van der Waals surface area contributed by atoms with Crippen molar-refractivity contribution in [2.24, 2.45) is 0 Å². The molecule has 0 N–H and O–H groups in total. The van der Waals surface area contributed by atoms with Crippen molar-refractivity contribution in [3.63, 3.8) is 0 Å². The molecule has 1 aliphatic rings. The molecule has 2 unspecified atom stereocenters. The number of imidazole rings is 1. The lowest BCUT2D eigenvalue weighted by atomic mass is 9.98. The summed E-state index contributed by atoms with van der Waals surface area (Å²) >= 11 is 5.91. The van der Waals surface area contributed by atoms with Crippen molar-refractivity contribution in [2.45, 2.75) is 38.3 Å². The van der Waals surface area contributed by atoms with Gasteiger partial charge in [-0.1, -0.05) is 6.07 Å². The average molecular weight is 310 g/mol. The maximum absolute atomic E-state index is 14.0. The maximum Gasteiger partial charge on any atom is 0.151 e. The molecule has 0 bridgehead atoms. The maximum atomic E-state index is 14.0. The predicted octanol–water partition coefficient (Wildman–Crippen LogP) is 3.61. The van der Waals surface area contributed by atoms with E-state index >= 15 is 0 Å². The van der Waals surface area contributed by atoms with Gasteiger partial charge in [-0.15, -0.1) is 11.6 Å². The number of hydrogen-bond donors (Lipinski definition) is 0. The first-order chi connectivity index (χ1) is 10.1. The molecule has 0 saturated carbocycles. The Hall–Kier alpha value is -1.13. The fraction of sp³-hybridized carbons (Fsp3) is 0.562. The molecule has 3 nitrogen and oxygen atoms in total. The number of rotatable bonds is 3. The van der Waals surface area contributed by atoms with E-state index in [1.165, 1.54) is 6.07 Å². The number of fused-ring (bicyclic) bond motifs is 1. The summed E-state index contributed by atoms with van der Waals surface area (Å²) in [6, 6.07) is 6.10. The molecule has 1 aliphatic heterocycles. The summed E-state index contributed by atoms with van der Waals surface area (Å²) in [5.74, 6) is 1.17. The van der Waals surface area contributed by atoms with E-state index in [0.717, 1.165) is 30.7 Å².